The van der Waals surface area contributed by atoms with Crippen LogP contribution in [0.5, 0.6) is 0 Å². The zero-order valence-electron chi connectivity index (χ0n) is 9.29. The Morgan fingerprint density at radius 3 is 2.57 bits per heavy atom. The number of halogens is 1. The average molecular weight is 262 g/mol. The van der Waals surface area contributed by atoms with Gasteiger partial charge in [0.15, 0.2) is 0 Å². The molecule has 0 aromatic rings. The monoisotopic (exact) mass is 261 g/mol. The van der Waals surface area contributed by atoms with E-state index in [0.717, 1.165) is 19.4 Å². The fraction of sp³-hybridized carbons (Fsp3) is 0.909. The molecule has 0 N–H and O–H groups in total. The van der Waals surface area contributed by atoms with E-state index in [4.69, 9.17) is 0 Å². The first-order chi connectivity index (χ1) is 6.54. The number of nitrogens with zero attached hydrogens (tertiary/aromatic N) is 1. The Kier molecular flexibility index (Phi) is 4.42. The average Bonchev–Trinajstić information content (AvgIpc) is 2.16. The quantitative estimate of drug-likeness (QED) is 0.701. The number of carbonyl (C=O) groups is 1. The molecule has 14 heavy (non-hydrogen) atoms. The summed E-state index contributed by atoms with van der Waals surface area (Å²) in [7, 11) is 0. The molecule has 2 atom stereocenters. The number of carbonyl (C=O) groups excluding carboxylic acids is 1. The molecule has 82 valence electrons. The van der Waals surface area contributed by atoms with Crippen LogP contribution >= 0.6 is 15.9 Å². The van der Waals surface area contributed by atoms with Gasteiger partial charge in [-0.1, -0.05) is 29.8 Å². The van der Waals surface area contributed by atoms with Crippen LogP contribution in [-0.4, -0.2) is 28.2 Å². The van der Waals surface area contributed by atoms with Gasteiger partial charge in [-0.05, 0) is 32.1 Å². The maximum atomic E-state index is 12.0. The standard InChI is InChI=1S/C11H20BrNO/c1-8(2)10(12)11(14)13-7-5-4-6-9(13)3/h8-10H,4-7H2,1-3H3. The smallest absolute Gasteiger partial charge is 0.236 e. The van der Waals surface area contributed by atoms with Gasteiger partial charge in [-0.15, -0.1) is 0 Å². The minimum atomic E-state index is -0.0111. The van der Waals surface area contributed by atoms with E-state index in [1.807, 2.05) is 4.90 Å². The summed E-state index contributed by atoms with van der Waals surface area (Å²) < 4.78 is 0. The molecule has 1 saturated heterocycles. The highest BCUT2D eigenvalue weighted by atomic mass is 79.9. The number of hydrogen-bond donors (Lipinski definition) is 0. The van der Waals surface area contributed by atoms with Crippen LogP contribution in [0.15, 0.2) is 0 Å². The Hall–Kier alpha value is -0.0500. The Morgan fingerprint density at radius 1 is 1.43 bits per heavy atom. The van der Waals surface area contributed by atoms with Gasteiger partial charge < -0.3 is 4.90 Å². The van der Waals surface area contributed by atoms with E-state index in [0.29, 0.717) is 12.0 Å². The molecule has 0 bridgehead atoms. The summed E-state index contributed by atoms with van der Waals surface area (Å²) in [6, 6.07) is 0.426. The second-order valence-corrected chi connectivity index (χ2v) is 5.51. The number of rotatable bonds is 2. The predicted octanol–water partition coefficient (Wildman–Crippen LogP) is 2.81. The van der Waals surface area contributed by atoms with Crippen molar-refractivity contribution in [1.82, 2.24) is 4.90 Å². The third kappa shape index (κ3) is 2.72. The first kappa shape index (κ1) is 12.0. The first-order valence-corrected chi connectivity index (χ1v) is 6.40. The van der Waals surface area contributed by atoms with E-state index in [-0.39, 0.29) is 10.7 Å². The molecule has 1 fully saturated rings. The molecular weight excluding hydrogens is 242 g/mol. The Labute approximate surface area is 95.2 Å². The fourth-order valence-corrected chi connectivity index (χ4v) is 2.13. The molecule has 0 aromatic carbocycles. The lowest BCUT2D eigenvalue weighted by Gasteiger charge is -2.35. The molecule has 2 unspecified atom stereocenters. The van der Waals surface area contributed by atoms with E-state index in [2.05, 4.69) is 36.7 Å². The summed E-state index contributed by atoms with van der Waals surface area (Å²) in [5, 5.41) is 0. The van der Waals surface area contributed by atoms with Crippen molar-refractivity contribution >= 4 is 21.8 Å². The zero-order chi connectivity index (χ0) is 10.7. The summed E-state index contributed by atoms with van der Waals surface area (Å²) in [6.45, 7) is 7.24. The van der Waals surface area contributed by atoms with E-state index < -0.39 is 0 Å². The summed E-state index contributed by atoms with van der Waals surface area (Å²) in [4.78, 5) is 14.0. The maximum Gasteiger partial charge on any atom is 0.236 e. The number of alkyl halides is 1. The lowest BCUT2D eigenvalue weighted by molar-refractivity contribution is -0.134. The van der Waals surface area contributed by atoms with Crippen LogP contribution < -0.4 is 0 Å². The van der Waals surface area contributed by atoms with Gasteiger partial charge >= 0.3 is 0 Å². The molecule has 0 aliphatic carbocycles. The van der Waals surface area contributed by atoms with Gasteiger partial charge in [0.25, 0.3) is 0 Å². The predicted molar refractivity (Wildman–Crippen MR) is 62.6 cm³/mol. The zero-order valence-corrected chi connectivity index (χ0v) is 10.9. The van der Waals surface area contributed by atoms with Gasteiger partial charge in [-0.2, -0.15) is 0 Å². The van der Waals surface area contributed by atoms with Crippen molar-refractivity contribution in [3.05, 3.63) is 0 Å². The van der Waals surface area contributed by atoms with Crippen LogP contribution in [-0.2, 0) is 4.79 Å². The van der Waals surface area contributed by atoms with Crippen LogP contribution in [0.25, 0.3) is 0 Å². The van der Waals surface area contributed by atoms with Crippen LogP contribution in [0.3, 0.4) is 0 Å². The highest BCUT2D eigenvalue weighted by molar-refractivity contribution is 9.10. The van der Waals surface area contributed by atoms with Crippen molar-refractivity contribution in [2.24, 2.45) is 5.92 Å². The second-order valence-electron chi connectivity index (χ2n) is 4.52. The molecule has 1 aliphatic rings. The van der Waals surface area contributed by atoms with E-state index in [1.165, 1.54) is 6.42 Å². The van der Waals surface area contributed by atoms with Crippen molar-refractivity contribution < 1.29 is 4.79 Å². The minimum Gasteiger partial charge on any atom is -0.339 e. The van der Waals surface area contributed by atoms with Crippen molar-refractivity contribution in [2.45, 2.75) is 50.9 Å². The molecule has 0 spiro atoms. The normalized spacial score (nSPS) is 25.2. The van der Waals surface area contributed by atoms with Crippen molar-refractivity contribution in [3.63, 3.8) is 0 Å². The SMILES string of the molecule is CC(C)C(Br)C(=O)N1CCCCC1C. The Morgan fingerprint density at radius 2 is 2.07 bits per heavy atom. The first-order valence-electron chi connectivity index (χ1n) is 5.48. The van der Waals surface area contributed by atoms with Gasteiger partial charge in [0.2, 0.25) is 5.91 Å². The number of likely N-dealkylation sites (tertiary alicyclic amines) is 1. The molecule has 0 radical (unpaired) electrons. The molecule has 1 heterocycles. The summed E-state index contributed by atoms with van der Waals surface area (Å²) in [5.74, 6) is 0.642. The molecule has 0 saturated carbocycles. The van der Waals surface area contributed by atoms with Crippen LogP contribution in [0.2, 0.25) is 0 Å². The van der Waals surface area contributed by atoms with Crippen molar-refractivity contribution in [2.75, 3.05) is 6.54 Å². The van der Waals surface area contributed by atoms with E-state index in [1.54, 1.807) is 0 Å². The summed E-state index contributed by atoms with van der Waals surface area (Å²) >= 11 is 3.48. The van der Waals surface area contributed by atoms with Crippen LogP contribution in [0, 0.1) is 5.92 Å². The van der Waals surface area contributed by atoms with Crippen molar-refractivity contribution in [3.8, 4) is 0 Å². The largest absolute Gasteiger partial charge is 0.339 e. The minimum absolute atomic E-state index is 0.0111. The third-order valence-corrected chi connectivity index (χ3v) is 4.36. The maximum absolute atomic E-state index is 12.0. The number of amides is 1. The molecule has 3 heteroatoms. The summed E-state index contributed by atoms with van der Waals surface area (Å²) in [6.07, 6.45) is 3.58. The molecule has 1 rings (SSSR count). The molecular formula is C11H20BrNO. The topological polar surface area (TPSA) is 20.3 Å². The Balaban J connectivity index is 2.58. The van der Waals surface area contributed by atoms with Gasteiger partial charge in [-0.25, -0.2) is 0 Å². The molecule has 0 aromatic heterocycles. The van der Waals surface area contributed by atoms with Crippen LogP contribution in [0.1, 0.15) is 40.0 Å². The lowest BCUT2D eigenvalue weighted by atomic mass is 10.0. The molecule has 1 amide bonds. The number of piperidine rings is 1. The van der Waals surface area contributed by atoms with Gasteiger partial charge in [0.05, 0.1) is 4.83 Å². The summed E-state index contributed by atoms with van der Waals surface area (Å²) in [5.41, 5.74) is 0. The van der Waals surface area contributed by atoms with E-state index >= 15 is 0 Å². The van der Waals surface area contributed by atoms with Gasteiger partial charge in [0, 0.05) is 12.6 Å². The highest BCUT2D eigenvalue weighted by Crippen LogP contribution is 2.22. The van der Waals surface area contributed by atoms with E-state index in [9.17, 15) is 4.79 Å². The fourth-order valence-electron chi connectivity index (χ4n) is 1.87. The molecule has 1 aliphatic heterocycles. The number of hydrogen-bond acceptors (Lipinski definition) is 1. The van der Waals surface area contributed by atoms with Crippen molar-refractivity contribution in [1.29, 1.82) is 0 Å². The third-order valence-electron chi connectivity index (χ3n) is 2.91. The lowest BCUT2D eigenvalue weighted by Crippen LogP contribution is -2.46. The van der Waals surface area contributed by atoms with Gasteiger partial charge in [0.1, 0.15) is 0 Å². The van der Waals surface area contributed by atoms with Gasteiger partial charge in [-0.3, -0.25) is 4.79 Å². The second kappa shape index (κ2) is 5.15. The molecule has 2 nitrogen and oxygen atoms in total. The van der Waals surface area contributed by atoms with Crippen LogP contribution in [0.4, 0.5) is 0 Å². The Bertz CT molecular complexity index is 205. The highest BCUT2D eigenvalue weighted by Gasteiger charge is 2.29.